The molecule has 1 rings (SSSR count). The van der Waals surface area contributed by atoms with Gasteiger partial charge in [-0.25, -0.2) is 9.59 Å². The molecule has 1 saturated carbocycles. The predicted octanol–water partition coefficient (Wildman–Crippen LogP) is 0.0992. The summed E-state index contributed by atoms with van der Waals surface area (Å²) in [7, 11) is 0. The molecule has 0 aromatic carbocycles. The molecule has 20 heavy (non-hydrogen) atoms. The van der Waals surface area contributed by atoms with E-state index in [0.29, 0.717) is 0 Å². The number of carboxylic acid groups (broad SMARTS) is 1. The number of hydrogen-bond acceptors (Lipinski definition) is 3. The van der Waals surface area contributed by atoms with E-state index in [9.17, 15) is 27.6 Å². The number of carbonyl (C=O) groups is 3. The van der Waals surface area contributed by atoms with Gasteiger partial charge in [-0.3, -0.25) is 4.79 Å². The molecule has 0 radical (unpaired) electrons. The van der Waals surface area contributed by atoms with Crippen LogP contribution in [0.4, 0.5) is 18.0 Å². The summed E-state index contributed by atoms with van der Waals surface area (Å²) in [5.41, 5.74) is 2.56. The molecule has 0 aliphatic heterocycles. The molecular weight excluding hydrogens is 283 g/mol. The van der Waals surface area contributed by atoms with Crippen molar-refractivity contribution < 1.29 is 32.7 Å². The van der Waals surface area contributed by atoms with Gasteiger partial charge in [0.25, 0.3) is 0 Å². The van der Waals surface area contributed by atoms with Gasteiger partial charge in [-0.2, -0.15) is 13.2 Å². The number of alkyl halides is 3. The van der Waals surface area contributed by atoms with Crippen LogP contribution < -0.4 is 16.4 Å². The molecule has 3 amide bonds. The molecular formula is C10H14F3N3O4. The topological polar surface area (TPSA) is 122 Å². The van der Waals surface area contributed by atoms with Crippen LogP contribution in [0.2, 0.25) is 0 Å². The summed E-state index contributed by atoms with van der Waals surface area (Å²) >= 11 is 0. The molecule has 0 spiro atoms. The van der Waals surface area contributed by atoms with E-state index in [1.165, 1.54) is 0 Å². The second kappa shape index (κ2) is 5.55. The number of rotatable bonds is 6. The van der Waals surface area contributed by atoms with E-state index in [4.69, 9.17) is 10.8 Å². The first-order chi connectivity index (χ1) is 9.07. The SMILES string of the molecule is NC(=O)CC[C@@H](NC(=O)NC1(C(F)(F)F)CC1)C(=O)O. The van der Waals surface area contributed by atoms with E-state index >= 15 is 0 Å². The van der Waals surface area contributed by atoms with E-state index in [1.54, 1.807) is 5.32 Å². The van der Waals surface area contributed by atoms with Crippen molar-refractivity contribution in [3.8, 4) is 0 Å². The highest BCUT2D eigenvalue weighted by Gasteiger charge is 2.64. The maximum Gasteiger partial charge on any atom is 0.411 e. The summed E-state index contributed by atoms with van der Waals surface area (Å²) in [5, 5.41) is 12.4. The van der Waals surface area contributed by atoms with Crippen molar-refractivity contribution in [2.24, 2.45) is 5.73 Å². The second-order valence-electron chi connectivity index (χ2n) is 4.57. The first kappa shape index (κ1) is 16.1. The van der Waals surface area contributed by atoms with Crippen molar-refractivity contribution in [2.45, 2.75) is 43.4 Å². The monoisotopic (exact) mass is 297 g/mol. The Bertz CT molecular complexity index is 420. The number of aliphatic carboxylic acids is 1. The summed E-state index contributed by atoms with van der Waals surface area (Å²) in [4.78, 5) is 32.7. The minimum absolute atomic E-state index is 0.247. The molecule has 1 aliphatic carbocycles. The molecule has 10 heteroatoms. The molecule has 1 fully saturated rings. The number of urea groups is 1. The second-order valence-corrected chi connectivity index (χ2v) is 4.57. The van der Waals surface area contributed by atoms with Crippen molar-refractivity contribution in [2.75, 3.05) is 0 Å². The van der Waals surface area contributed by atoms with Gasteiger partial charge in [0.2, 0.25) is 5.91 Å². The lowest BCUT2D eigenvalue weighted by Gasteiger charge is -2.22. The molecule has 0 heterocycles. The van der Waals surface area contributed by atoms with Crippen LogP contribution in [0.25, 0.3) is 0 Å². The summed E-state index contributed by atoms with van der Waals surface area (Å²) < 4.78 is 37.8. The molecule has 0 aromatic rings. The van der Waals surface area contributed by atoms with Gasteiger partial charge in [-0.1, -0.05) is 0 Å². The van der Waals surface area contributed by atoms with E-state index in [-0.39, 0.29) is 25.7 Å². The Labute approximate surface area is 111 Å². The van der Waals surface area contributed by atoms with Gasteiger partial charge in [0, 0.05) is 6.42 Å². The Hall–Kier alpha value is -2.00. The zero-order chi connectivity index (χ0) is 15.6. The molecule has 0 saturated heterocycles. The maximum absolute atomic E-state index is 12.6. The minimum atomic E-state index is -4.59. The zero-order valence-electron chi connectivity index (χ0n) is 10.3. The van der Waals surface area contributed by atoms with Crippen LogP contribution >= 0.6 is 0 Å². The number of halogens is 3. The number of nitrogens with one attached hydrogen (secondary N) is 2. The van der Waals surface area contributed by atoms with Crippen molar-refractivity contribution in [1.29, 1.82) is 0 Å². The van der Waals surface area contributed by atoms with E-state index in [2.05, 4.69) is 0 Å². The molecule has 5 N–H and O–H groups in total. The van der Waals surface area contributed by atoms with Crippen LogP contribution in [0.1, 0.15) is 25.7 Å². The van der Waals surface area contributed by atoms with Gasteiger partial charge >= 0.3 is 18.2 Å². The van der Waals surface area contributed by atoms with Gasteiger partial charge < -0.3 is 21.5 Å². The number of primary amides is 1. The highest BCUT2D eigenvalue weighted by Crippen LogP contribution is 2.48. The lowest BCUT2D eigenvalue weighted by Crippen LogP contribution is -2.54. The third kappa shape index (κ3) is 4.00. The summed E-state index contributed by atoms with van der Waals surface area (Å²) in [6, 6.07) is -2.72. The predicted molar refractivity (Wildman–Crippen MR) is 59.5 cm³/mol. The highest BCUT2D eigenvalue weighted by molar-refractivity contribution is 5.84. The maximum atomic E-state index is 12.6. The van der Waals surface area contributed by atoms with Crippen LogP contribution in [0.15, 0.2) is 0 Å². The summed E-state index contributed by atoms with van der Waals surface area (Å²) in [6.07, 6.45) is -5.68. The van der Waals surface area contributed by atoms with Crippen LogP contribution in [0.5, 0.6) is 0 Å². The Morgan fingerprint density at radius 1 is 1.30 bits per heavy atom. The van der Waals surface area contributed by atoms with Gasteiger partial charge in [0.15, 0.2) is 0 Å². The standard InChI is InChI=1S/C10H14F3N3O4/c11-10(12,13)9(3-4-9)16-8(20)15-5(7(18)19)1-2-6(14)17/h5H,1-4H2,(H2,14,17)(H,18,19)(H2,15,16,20)/t5-/m1/s1. The minimum Gasteiger partial charge on any atom is -0.480 e. The molecule has 0 unspecified atom stereocenters. The molecule has 1 aliphatic rings. The summed E-state index contributed by atoms with van der Waals surface area (Å²) in [5.74, 6) is -2.23. The molecule has 114 valence electrons. The van der Waals surface area contributed by atoms with E-state index in [0.717, 1.165) is 0 Å². The van der Waals surface area contributed by atoms with Gasteiger partial charge in [-0.05, 0) is 19.3 Å². The van der Waals surface area contributed by atoms with Gasteiger partial charge in [0.1, 0.15) is 11.6 Å². The fraction of sp³-hybridized carbons (Fsp3) is 0.700. The average Bonchev–Trinajstić information content (AvgIpc) is 3.03. The fourth-order valence-electron chi connectivity index (χ4n) is 1.56. The number of hydrogen-bond donors (Lipinski definition) is 4. The molecule has 1 atom stereocenters. The van der Waals surface area contributed by atoms with Crippen LogP contribution in [-0.4, -0.2) is 40.8 Å². The van der Waals surface area contributed by atoms with Crippen LogP contribution in [0, 0.1) is 0 Å². The van der Waals surface area contributed by atoms with Crippen molar-refractivity contribution in [1.82, 2.24) is 10.6 Å². The molecule has 0 aromatic heterocycles. The Morgan fingerprint density at radius 3 is 2.20 bits per heavy atom. The quantitative estimate of drug-likeness (QED) is 0.555. The van der Waals surface area contributed by atoms with Crippen LogP contribution in [0.3, 0.4) is 0 Å². The van der Waals surface area contributed by atoms with Gasteiger partial charge in [0.05, 0.1) is 0 Å². The van der Waals surface area contributed by atoms with Crippen molar-refractivity contribution in [3.05, 3.63) is 0 Å². The number of nitrogens with two attached hydrogens (primary N) is 1. The average molecular weight is 297 g/mol. The molecule has 0 bridgehead atoms. The Morgan fingerprint density at radius 2 is 1.85 bits per heavy atom. The lowest BCUT2D eigenvalue weighted by atomic mass is 10.1. The first-order valence-electron chi connectivity index (χ1n) is 5.74. The Balaban J connectivity index is 2.55. The van der Waals surface area contributed by atoms with Crippen LogP contribution in [-0.2, 0) is 9.59 Å². The van der Waals surface area contributed by atoms with Gasteiger partial charge in [-0.15, -0.1) is 0 Å². The van der Waals surface area contributed by atoms with E-state index < -0.39 is 35.7 Å². The van der Waals surface area contributed by atoms with E-state index in [1.807, 2.05) is 5.32 Å². The van der Waals surface area contributed by atoms with Crippen molar-refractivity contribution in [3.63, 3.8) is 0 Å². The Kier molecular flexibility index (Phi) is 4.46. The third-order valence-corrected chi connectivity index (χ3v) is 2.93. The number of carbonyl (C=O) groups excluding carboxylic acids is 2. The zero-order valence-corrected chi connectivity index (χ0v) is 10.3. The summed E-state index contributed by atoms with van der Waals surface area (Å²) in [6.45, 7) is 0. The third-order valence-electron chi connectivity index (χ3n) is 2.93. The first-order valence-corrected chi connectivity index (χ1v) is 5.74. The van der Waals surface area contributed by atoms with Crippen molar-refractivity contribution >= 4 is 17.9 Å². The number of carboxylic acids is 1. The fourth-order valence-corrected chi connectivity index (χ4v) is 1.56. The number of amides is 3. The smallest absolute Gasteiger partial charge is 0.411 e. The lowest BCUT2D eigenvalue weighted by molar-refractivity contribution is -0.162. The molecule has 7 nitrogen and oxygen atoms in total. The highest BCUT2D eigenvalue weighted by atomic mass is 19.4. The largest absolute Gasteiger partial charge is 0.480 e. The normalized spacial score (nSPS) is 17.9.